The average molecular weight is 264 g/mol. The number of benzene rings is 1. The maximum atomic E-state index is 11.1. The van der Waals surface area contributed by atoms with Gasteiger partial charge < -0.3 is 4.74 Å². The first-order valence-electron chi connectivity index (χ1n) is 6.58. The zero-order valence-corrected chi connectivity index (χ0v) is 11.6. The van der Waals surface area contributed by atoms with E-state index in [1.165, 1.54) is 25.3 Å². The van der Waals surface area contributed by atoms with Crippen molar-refractivity contribution < 1.29 is 9.53 Å². The minimum Gasteiger partial charge on any atom is -0.461 e. The quantitative estimate of drug-likeness (QED) is 0.774. The van der Waals surface area contributed by atoms with Crippen LogP contribution in [0.25, 0.3) is 0 Å². The van der Waals surface area contributed by atoms with Gasteiger partial charge in [-0.3, -0.25) is 4.79 Å². The van der Waals surface area contributed by atoms with E-state index < -0.39 is 0 Å². The average Bonchev–Trinajstić information content (AvgIpc) is 2.38. The molecule has 0 aromatic heterocycles. The third-order valence-corrected chi connectivity index (χ3v) is 4.73. The van der Waals surface area contributed by atoms with Gasteiger partial charge in [-0.15, -0.1) is 11.8 Å². The van der Waals surface area contributed by atoms with Gasteiger partial charge in [0.05, 0.1) is 0 Å². The van der Waals surface area contributed by atoms with Crippen molar-refractivity contribution in [3.63, 3.8) is 0 Å². The second kappa shape index (κ2) is 6.83. The lowest BCUT2D eigenvalue weighted by Crippen LogP contribution is -2.31. The molecule has 0 amide bonds. The molecule has 0 unspecified atom stereocenters. The molecular formula is C15H20O2S. The molecule has 2 nitrogen and oxygen atoms in total. The van der Waals surface area contributed by atoms with Crippen LogP contribution in [0.1, 0.15) is 38.2 Å². The molecule has 98 valence electrons. The summed E-state index contributed by atoms with van der Waals surface area (Å²) in [5.41, 5.74) is 1.34. The molecule has 0 heterocycles. The summed E-state index contributed by atoms with van der Waals surface area (Å²) in [6.45, 7) is 1.51. The Labute approximate surface area is 113 Å². The number of hydrogen-bond acceptors (Lipinski definition) is 3. The summed E-state index contributed by atoms with van der Waals surface area (Å²) in [5, 5.41) is 0.461. The Bertz CT molecular complexity index is 377. The number of ether oxygens (including phenoxy) is 1. The van der Waals surface area contributed by atoms with E-state index in [-0.39, 0.29) is 12.1 Å². The van der Waals surface area contributed by atoms with Crippen LogP contribution < -0.4 is 0 Å². The van der Waals surface area contributed by atoms with Gasteiger partial charge >= 0.3 is 5.97 Å². The molecule has 3 heteroatoms. The minimum atomic E-state index is -0.146. The summed E-state index contributed by atoms with van der Waals surface area (Å²) in [7, 11) is 0. The fourth-order valence-electron chi connectivity index (χ4n) is 2.38. The summed E-state index contributed by atoms with van der Waals surface area (Å²) < 4.78 is 5.43. The van der Waals surface area contributed by atoms with Crippen molar-refractivity contribution in [3.8, 4) is 0 Å². The molecule has 1 aliphatic carbocycles. The Hall–Kier alpha value is -0.960. The molecule has 0 spiro atoms. The number of carbonyl (C=O) groups excluding carboxylic acids is 1. The monoisotopic (exact) mass is 264 g/mol. The fourth-order valence-corrected chi connectivity index (χ4v) is 3.72. The van der Waals surface area contributed by atoms with Crippen molar-refractivity contribution in [1.29, 1.82) is 0 Å². The number of thioether (sulfide) groups is 1. The van der Waals surface area contributed by atoms with Crippen LogP contribution in [0.5, 0.6) is 0 Å². The van der Waals surface area contributed by atoms with Crippen LogP contribution in [0, 0.1) is 0 Å². The molecule has 0 radical (unpaired) electrons. The van der Waals surface area contributed by atoms with E-state index in [4.69, 9.17) is 4.74 Å². The van der Waals surface area contributed by atoms with E-state index in [1.54, 1.807) is 0 Å². The van der Waals surface area contributed by atoms with Gasteiger partial charge in [0.1, 0.15) is 6.10 Å². The summed E-state index contributed by atoms with van der Waals surface area (Å²) in [6.07, 6.45) is 4.73. The predicted molar refractivity (Wildman–Crippen MR) is 75.5 cm³/mol. The maximum absolute atomic E-state index is 11.1. The number of carbonyl (C=O) groups is 1. The predicted octanol–water partition coefficient (Wildman–Crippen LogP) is 3.79. The van der Waals surface area contributed by atoms with Gasteiger partial charge in [0, 0.05) is 17.9 Å². The molecule has 1 aromatic rings. The molecule has 1 fully saturated rings. The Morgan fingerprint density at radius 2 is 2.00 bits per heavy atom. The molecule has 0 N–H and O–H groups in total. The Balaban J connectivity index is 1.87. The van der Waals surface area contributed by atoms with Crippen LogP contribution in [-0.2, 0) is 15.3 Å². The molecule has 1 aromatic carbocycles. The van der Waals surface area contributed by atoms with Gasteiger partial charge in [0.2, 0.25) is 0 Å². The van der Waals surface area contributed by atoms with E-state index in [0.29, 0.717) is 5.25 Å². The first-order chi connectivity index (χ1) is 8.75. The normalized spacial score (nSPS) is 23.6. The van der Waals surface area contributed by atoms with Gasteiger partial charge in [-0.25, -0.2) is 0 Å². The minimum absolute atomic E-state index is 0.116. The lowest BCUT2D eigenvalue weighted by molar-refractivity contribution is -0.147. The molecule has 2 atom stereocenters. The van der Waals surface area contributed by atoms with Crippen molar-refractivity contribution in [2.45, 2.75) is 49.7 Å². The SMILES string of the molecule is CC(=O)O[C@@H]1CCCC[C@H]1SCc1ccccc1. The van der Waals surface area contributed by atoms with Crippen LogP contribution in [0.2, 0.25) is 0 Å². The number of rotatable bonds is 4. The second-order valence-corrected chi connectivity index (χ2v) is 5.99. The van der Waals surface area contributed by atoms with E-state index in [9.17, 15) is 4.79 Å². The topological polar surface area (TPSA) is 26.3 Å². The van der Waals surface area contributed by atoms with Crippen molar-refractivity contribution in [2.24, 2.45) is 0 Å². The van der Waals surface area contributed by atoms with Crippen molar-refractivity contribution in [2.75, 3.05) is 0 Å². The lowest BCUT2D eigenvalue weighted by Gasteiger charge is -2.30. The largest absolute Gasteiger partial charge is 0.461 e. The van der Waals surface area contributed by atoms with E-state index in [0.717, 1.165) is 18.6 Å². The molecule has 0 bridgehead atoms. The van der Waals surface area contributed by atoms with Gasteiger partial charge in [-0.2, -0.15) is 0 Å². The van der Waals surface area contributed by atoms with Gasteiger partial charge in [-0.1, -0.05) is 36.8 Å². The lowest BCUT2D eigenvalue weighted by atomic mass is 9.97. The third-order valence-electron chi connectivity index (χ3n) is 3.27. The smallest absolute Gasteiger partial charge is 0.302 e. The van der Waals surface area contributed by atoms with Crippen LogP contribution in [-0.4, -0.2) is 17.3 Å². The molecule has 1 aliphatic rings. The first kappa shape index (κ1) is 13.5. The highest BCUT2D eigenvalue weighted by molar-refractivity contribution is 7.99. The first-order valence-corrected chi connectivity index (χ1v) is 7.63. The molecule has 0 saturated heterocycles. The highest BCUT2D eigenvalue weighted by atomic mass is 32.2. The van der Waals surface area contributed by atoms with Gasteiger partial charge in [0.15, 0.2) is 0 Å². The van der Waals surface area contributed by atoms with Crippen LogP contribution >= 0.6 is 11.8 Å². The van der Waals surface area contributed by atoms with Gasteiger partial charge in [-0.05, 0) is 24.8 Å². The fraction of sp³-hybridized carbons (Fsp3) is 0.533. The summed E-state index contributed by atoms with van der Waals surface area (Å²) in [5.74, 6) is 0.857. The maximum Gasteiger partial charge on any atom is 0.302 e. The number of esters is 1. The van der Waals surface area contributed by atoms with Gasteiger partial charge in [0.25, 0.3) is 0 Å². The zero-order valence-electron chi connectivity index (χ0n) is 10.8. The summed E-state index contributed by atoms with van der Waals surface area (Å²) in [4.78, 5) is 11.1. The molecule has 2 rings (SSSR count). The summed E-state index contributed by atoms with van der Waals surface area (Å²) >= 11 is 1.92. The van der Waals surface area contributed by atoms with Crippen LogP contribution in [0.4, 0.5) is 0 Å². The Morgan fingerprint density at radius 3 is 2.72 bits per heavy atom. The Kier molecular flexibility index (Phi) is 5.12. The number of hydrogen-bond donors (Lipinski definition) is 0. The van der Waals surface area contributed by atoms with Crippen molar-refractivity contribution in [1.82, 2.24) is 0 Å². The highest BCUT2D eigenvalue weighted by Gasteiger charge is 2.27. The summed E-state index contributed by atoms with van der Waals surface area (Å²) in [6, 6.07) is 10.5. The van der Waals surface area contributed by atoms with E-state index in [2.05, 4.69) is 24.3 Å². The molecule has 18 heavy (non-hydrogen) atoms. The molecular weight excluding hydrogens is 244 g/mol. The van der Waals surface area contributed by atoms with Crippen LogP contribution in [0.3, 0.4) is 0 Å². The highest BCUT2D eigenvalue weighted by Crippen LogP contribution is 2.32. The third kappa shape index (κ3) is 4.05. The van der Waals surface area contributed by atoms with Crippen LogP contribution in [0.15, 0.2) is 30.3 Å². The molecule has 1 saturated carbocycles. The van der Waals surface area contributed by atoms with E-state index in [1.807, 2.05) is 17.8 Å². The van der Waals surface area contributed by atoms with Crippen molar-refractivity contribution in [3.05, 3.63) is 35.9 Å². The standard InChI is InChI=1S/C15H20O2S/c1-12(16)17-14-9-5-6-10-15(14)18-11-13-7-3-2-4-8-13/h2-4,7-8,14-15H,5-6,9-11H2,1H3/t14-,15-/m1/s1. The second-order valence-electron chi connectivity index (χ2n) is 4.77. The zero-order chi connectivity index (χ0) is 12.8. The van der Waals surface area contributed by atoms with E-state index >= 15 is 0 Å². The Morgan fingerprint density at radius 1 is 1.28 bits per heavy atom. The van der Waals surface area contributed by atoms with Crippen molar-refractivity contribution >= 4 is 17.7 Å². The molecule has 0 aliphatic heterocycles.